The van der Waals surface area contributed by atoms with E-state index in [1.54, 1.807) is 6.20 Å². The molecule has 1 unspecified atom stereocenters. The Hall–Kier alpha value is -3.85. The molecule has 1 aliphatic rings. The van der Waals surface area contributed by atoms with Crippen molar-refractivity contribution in [3.05, 3.63) is 77.2 Å². The number of benzene rings is 1. The van der Waals surface area contributed by atoms with Gasteiger partial charge in [0, 0.05) is 66.0 Å². The zero-order valence-electron chi connectivity index (χ0n) is 18.5. The van der Waals surface area contributed by atoms with Crippen molar-refractivity contribution >= 4 is 40.3 Å². The van der Waals surface area contributed by atoms with E-state index in [0.29, 0.717) is 13.2 Å². The zero-order chi connectivity index (χ0) is 23.3. The van der Waals surface area contributed by atoms with E-state index < -0.39 is 5.97 Å². The number of H-pyrrole nitrogens is 1. The maximum absolute atomic E-state index is 11.7. The summed E-state index contributed by atoms with van der Waals surface area (Å²) < 4.78 is 10.2. The minimum Gasteiger partial charge on any atom is -0.493 e. The van der Waals surface area contributed by atoms with Gasteiger partial charge < -0.3 is 25.0 Å². The molecule has 174 valence electrons. The molecule has 1 aliphatic heterocycles. The van der Waals surface area contributed by atoms with Crippen molar-refractivity contribution in [1.82, 2.24) is 19.2 Å². The first-order chi connectivity index (χ1) is 16.7. The number of carboxylic acids is 1. The number of aromatic amines is 1. The Balaban J connectivity index is 1.25. The van der Waals surface area contributed by atoms with Crippen molar-refractivity contribution in [2.45, 2.75) is 25.4 Å². The Morgan fingerprint density at radius 3 is 3.12 bits per heavy atom. The first-order valence-electron chi connectivity index (χ1n) is 11.2. The molecule has 0 saturated carbocycles. The number of aromatic nitrogens is 3. The number of nitrogens with one attached hydrogen (secondary N) is 2. The first kappa shape index (κ1) is 22.0. The van der Waals surface area contributed by atoms with E-state index in [4.69, 9.17) is 4.74 Å². The van der Waals surface area contributed by atoms with Gasteiger partial charge in [-0.2, -0.15) is 0 Å². The predicted octanol–water partition coefficient (Wildman–Crippen LogP) is 4.90. The quantitative estimate of drug-likeness (QED) is 0.280. The van der Waals surface area contributed by atoms with E-state index in [1.165, 1.54) is 11.5 Å². The van der Waals surface area contributed by atoms with Crippen molar-refractivity contribution in [2.75, 3.05) is 18.5 Å². The third-order valence-corrected chi connectivity index (χ3v) is 6.63. The second kappa shape index (κ2) is 9.96. The number of ether oxygens (including phenoxy) is 1. The summed E-state index contributed by atoms with van der Waals surface area (Å²) in [6.07, 6.45) is 10.4. The monoisotopic (exact) mass is 475 g/mol. The summed E-state index contributed by atoms with van der Waals surface area (Å²) in [5.74, 6) is 0.801. The maximum atomic E-state index is 11.7. The summed E-state index contributed by atoms with van der Waals surface area (Å²) in [5.41, 5.74) is 3.00. The highest BCUT2D eigenvalue weighted by molar-refractivity contribution is 7.06. The minimum absolute atomic E-state index is 0.00567. The Labute approximate surface area is 201 Å². The second-order valence-electron chi connectivity index (χ2n) is 8.11. The number of nitrogens with zero attached hydrogens (tertiary/aromatic N) is 3. The molecule has 0 radical (unpaired) electrons. The largest absolute Gasteiger partial charge is 0.493 e. The van der Waals surface area contributed by atoms with Gasteiger partial charge in [0.1, 0.15) is 11.6 Å². The van der Waals surface area contributed by atoms with Crippen LogP contribution in [-0.4, -0.2) is 43.5 Å². The third-order valence-electron chi connectivity index (χ3n) is 5.82. The van der Waals surface area contributed by atoms with Gasteiger partial charge >= 0.3 is 5.97 Å². The van der Waals surface area contributed by atoms with Gasteiger partial charge in [-0.05, 0) is 48.3 Å². The molecule has 4 aromatic rings. The number of hydrogen-bond acceptors (Lipinski definition) is 7. The molecule has 4 heterocycles. The lowest BCUT2D eigenvalue weighted by Crippen LogP contribution is -2.27. The van der Waals surface area contributed by atoms with Gasteiger partial charge in [-0.25, -0.2) is 9.36 Å². The van der Waals surface area contributed by atoms with E-state index in [2.05, 4.69) is 24.6 Å². The van der Waals surface area contributed by atoms with Crippen LogP contribution in [0.25, 0.3) is 17.0 Å². The van der Waals surface area contributed by atoms with Crippen LogP contribution in [0.1, 0.15) is 34.9 Å². The van der Waals surface area contributed by atoms with Crippen LogP contribution in [0.2, 0.25) is 0 Å². The highest BCUT2D eigenvalue weighted by Gasteiger charge is 2.26. The van der Waals surface area contributed by atoms with Gasteiger partial charge in [-0.15, -0.1) is 0 Å². The topological polar surface area (TPSA) is 103 Å². The van der Waals surface area contributed by atoms with Gasteiger partial charge in [0.2, 0.25) is 0 Å². The number of hydrogen-bond donors (Lipinski definition) is 3. The molecule has 9 heteroatoms. The fourth-order valence-electron chi connectivity index (χ4n) is 4.16. The lowest BCUT2D eigenvalue weighted by Gasteiger charge is -2.31. The Morgan fingerprint density at radius 1 is 1.32 bits per heavy atom. The number of carboxylic acid groups (broad SMARTS) is 1. The number of fused-ring (bicyclic) bond motifs is 2. The van der Waals surface area contributed by atoms with Crippen molar-refractivity contribution in [2.24, 2.45) is 0 Å². The molecule has 5 rings (SSSR count). The average Bonchev–Trinajstić information content (AvgIpc) is 3.49. The summed E-state index contributed by atoms with van der Waals surface area (Å²) in [7, 11) is 0. The number of rotatable bonds is 10. The molecule has 0 bridgehead atoms. The number of aliphatic carboxylic acids is 1. The van der Waals surface area contributed by atoms with Gasteiger partial charge in [0.25, 0.3) is 0 Å². The summed E-state index contributed by atoms with van der Waals surface area (Å²) in [5, 5.41) is 13.9. The molecule has 0 saturated heterocycles. The van der Waals surface area contributed by atoms with Crippen LogP contribution in [0.3, 0.4) is 0 Å². The summed E-state index contributed by atoms with van der Waals surface area (Å²) in [4.78, 5) is 22.4. The van der Waals surface area contributed by atoms with Crippen molar-refractivity contribution in [1.29, 1.82) is 0 Å². The third kappa shape index (κ3) is 4.89. The summed E-state index contributed by atoms with van der Waals surface area (Å²) >= 11 is 1.46. The zero-order valence-corrected chi connectivity index (χ0v) is 19.3. The molecular weight excluding hydrogens is 450 g/mol. The van der Waals surface area contributed by atoms with E-state index in [9.17, 15) is 9.90 Å². The number of carbonyl (C=O) groups is 1. The van der Waals surface area contributed by atoms with Crippen molar-refractivity contribution in [3.8, 4) is 5.75 Å². The van der Waals surface area contributed by atoms with Gasteiger partial charge in [0.05, 0.1) is 23.9 Å². The average molecular weight is 476 g/mol. The standard InChI is InChI=1S/C25H25N5O3S/c31-25(32)13-22(30-10-7-23-17(16-30)14-29-34-23)20-15-28-21-12-18(5-6-19(20)21)33-11-3-9-27-24-4-1-2-8-26-24/h1-2,4-8,10,12,14-15,22,28H,3,9,11,13,16H2,(H,26,27)(H,31,32). The predicted molar refractivity (Wildman–Crippen MR) is 133 cm³/mol. The van der Waals surface area contributed by atoms with E-state index in [0.717, 1.165) is 51.4 Å². The lowest BCUT2D eigenvalue weighted by molar-refractivity contribution is -0.138. The van der Waals surface area contributed by atoms with E-state index in [1.807, 2.05) is 61.1 Å². The molecule has 0 spiro atoms. The molecule has 8 nitrogen and oxygen atoms in total. The van der Waals surface area contributed by atoms with Crippen LogP contribution in [0.15, 0.2) is 61.2 Å². The summed E-state index contributed by atoms with van der Waals surface area (Å²) in [6, 6.07) is 11.4. The van der Waals surface area contributed by atoms with E-state index >= 15 is 0 Å². The number of anilines is 1. The lowest BCUT2D eigenvalue weighted by atomic mass is 9.99. The van der Waals surface area contributed by atoms with Crippen LogP contribution in [0, 0.1) is 0 Å². The van der Waals surface area contributed by atoms with Crippen LogP contribution in [-0.2, 0) is 11.3 Å². The summed E-state index contributed by atoms with van der Waals surface area (Å²) in [6.45, 7) is 1.99. The van der Waals surface area contributed by atoms with Gasteiger partial charge in [-0.3, -0.25) is 4.79 Å². The fraction of sp³-hybridized carbons (Fsp3) is 0.240. The highest BCUT2D eigenvalue weighted by atomic mass is 32.1. The molecular formula is C25H25N5O3S. The van der Waals surface area contributed by atoms with Gasteiger partial charge in [-0.1, -0.05) is 6.07 Å². The Morgan fingerprint density at radius 2 is 2.26 bits per heavy atom. The van der Waals surface area contributed by atoms with Crippen LogP contribution in [0.4, 0.5) is 5.82 Å². The fourth-order valence-corrected chi connectivity index (χ4v) is 4.81. The second-order valence-corrected chi connectivity index (χ2v) is 8.95. The minimum atomic E-state index is -0.832. The first-order valence-corrected chi connectivity index (χ1v) is 11.9. The van der Waals surface area contributed by atoms with Crippen molar-refractivity contribution in [3.63, 3.8) is 0 Å². The SMILES string of the molecule is O=C(O)CC(c1c[nH]c2cc(OCCCNc3ccccn3)ccc12)N1C=Cc2sncc2C1. The molecule has 0 fully saturated rings. The molecule has 3 aromatic heterocycles. The molecule has 34 heavy (non-hydrogen) atoms. The normalized spacial score (nSPS) is 13.6. The van der Waals surface area contributed by atoms with Gasteiger partial charge in [0.15, 0.2) is 0 Å². The van der Waals surface area contributed by atoms with Crippen LogP contribution in [0.5, 0.6) is 5.75 Å². The Bertz CT molecular complexity index is 1300. The highest BCUT2D eigenvalue weighted by Crippen LogP contribution is 2.36. The van der Waals surface area contributed by atoms with Crippen molar-refractivity contribution < 1.29 is 14.6 Å². The van der Waals surface area contributed by atoms with Crippen LogP contribution < -0.4 is 10.1 Å². The Kier molecular flexibility index (Phi) is 6.44. The van der Waals surface area contributed by atoms with E-state index in [-0.39, 0.29) is 12.5 Å². The number of pyridine rings is 1. The molecule has 3 N–H and O–H groups in total. The molecule has 1 aromatic carbocycles. The molecule has 0 aliphatic carbocycles. The molecule has 1 atom stereocenters. The smallest absolute Gasteiger partial charge is 0.305 e. The maximum Gasteiger partial charge on any atom is 0.305 e. The molecule has 0 amide bonds. The van der Waals surface area contributed by atoms with Crippen LogP contribution >= 0.6 is 11.5 Å².